The molecule has 0 radical (unpaired) electrons. The minimum Gasteiger partial charge on any atom is -0.495 e. The van der Waals surface area contributed by atoms with Gasteiger partial charge in [0, 0.05) is 24.9 Å². The van der Waals surface area contributed by atoms with Crippen LogP contribution in [0, 0.1) is 5.92 Å². The number of methoxy groups -OCH3 is 1. The van der Waals surface area contributed by atoms with Gasteiger partial charge in [-0.3, -0.25) is 0 Å². The zero-order valence-corrected chi connectivity index (χ0v) is 12.3. The van der Waals surface area contributed by atoms with Crippen LogP contribution in [0.5, 0.6) is 5.75 Å². The Morgan fingerprint density at radius 3 is 2.80 bits per heavy atom. The van der Waals surface area contributed by atoms with Crippen LogP contribution in [0.1, 0.15) is 12.8 Å². The SMILES string of the molecule is COc1cc(N)ccc1S(=O)(=O)NCCOCC1CC1. The van der Waals surface area contributed by atoms with E-state index >= 15 is 0 Å². The van der Waals surface area contributed by atoms with Gasteiger partial charge < -0.3 is 15.2 Å². The van der Waals surface area contributed by atoms with Gasteiger partial charge in [-0.1, -0.05) is 0 Å². The standard InChI is InChI=1S/C13H20N2O4S/c1-18-12-8-11(14)4-5-13(12)20(16,17)15-6-7-19-9-10-2-3-10/h4-5,8,10,15H,2-3,6-7,9,14H2,1H3. The molecule has 0 atom stereocenters. The van der Waals surface area contributed by atoms with Crippen molar-refractivity contribution in [1.29, 1.82) is 0 Å². The quantitative estimate of drug-likeness (QED) is 0.552. The van der Waals surface area contributed by atoms with Gasteiger partial charge in [-0.25, -0.2) is 13.1 Å². The van der Waals surface area contributed by atoms with Crippen LogP contribution >= 0.6 is 0 Å². The summed E-state index contributed by atoms with van der Waals surface area (Å²) in [5.41, 5.74) is 6.06. The van der Waals surface area contributed by atoms with E-state index in [1.807, 2.05) is 0 Å². The zero-order chi connectivity index (χ0) is 14.6. The number of benzene rings is 1. The van der Waals surface area contributed by atoms with Gasteiger partial charge in [-0.05, 0) is 30.9 Å². The molecule has 1 aliphatic carbocycles. The molecule has 6 nitrogen and oxygen atoms in total. The summed E-state index contributed by atoms with van der Waals surface area (Å²) in [4.78, 5) is 0.0800. The third-order valence-electron chi connectivity index (χ3n) is 3.07. The summed E-state index contributed by atoms with van der Waals surface area (Å²) in [7, 11) is -2.21. The van der Waals surface area contributed by atoms with Crippen LogP contribution < -0.4 is 15.2 Å². The number of sulfonamides is 1. The third kappa shape index (κ3) is 4.09. The number of nitrogen functional groups attached to an aromatic ring is 1. The number of nitrogens with two attached hydrogens (primary N) is 1. The Morgan fingerprint density at radius 1 is 1.40 bits per heavy atom. The van der Waals surface area contributed by atoms with E-state index in [-0.39, 0.29) is 17.2 Å². The molecule has 20 heavy (non-hydrogen) atoms. The number of anilines is 1. The van der Waals surface area contributed by atoms with Crippen LogP contribution in [0.15, 0.2) is 23.1 Å². The van der Waals surface area contributed by atoms with Crippen LogP contribution in [0.4, 0.5) is 5.69 Å². The van der Waals surface area contributed by atoms with Crippen LogP contribution in [0.25, 0.3) is 0 Å². The van der Waals surface area contributed by atoms with Crippen LogP contribution in [0.3, 0.4) is 0 Å². The first-order valence-corrected chi connectivity index (χ1v) is 8.02. The fourth-order valence-electron chi connectivity index (χ4n) is 1.77. The molecule has 1 aliphatic rings. The van der Waals surface area contributed by atoms with Crippen molar-refractivity contribution < 1.29 is 17.9 Å². The molecule has 0 heterocycles. The lowest BCUT2D eigenvalue weighted by Gasteiger charge is -2.11. The number of ether oxygens (including phenoxy) is 2. The molecule has 1 aromatic rings. The summed E-state index contributed by atoms with van der Waals surface area (Å²) in [6.45, 7) is 1.32. The van der Waals surface area contributed by atoms with Gasteiger partial charge >= 0.3 is 0 Å². The average molecular weight is 300 g/mol. The maximum atomic E-state index is 12.1. The number of hydrogen-bond acceptors (Lipinski definition) is 5. The van der Waals surface area contributed by atoms with E-state index in [0.717, 1.165) is 0 Å². The highest BCUT2D eigenvalue weighted by Gasteiger charge is 2.22. The second kappa shape index (κ2) is 6.43. The molecular formula is C13H20N2O4S. The monoisotopic (exact) mass is 300 g/mol. The van der Waals surface area contributed by atoms with Crippen LogP contribution in [-0.2, 0) is 14.8 Å². The van der Waals surface area contributed by atoms with Crippen molar-refractivity contribution in [3.63, 3.8) is 0 Å². The molecule has 7 heteroatoms. The summed E-state index contributed by atoms with van der Waals surface area (Å²) >= 11 is 0. The van der Waals surface area contributed by atoms with Crippen molar-refractivity contribution in [2.75, 3.05) is 32.6 Å². The topological polar surface area (TPSA) is 90.7 Å². The molecule has 2 rings (SSSR count). The van der Waals surface area contributed by atoms with Gasteiger partial charge in [0.1, 0.15) is 10.6 Å². The van der Waals surface area contributed by atoms with Gasteiger partial charge in [0.2, 0.25) is 10.0 Å². The van der Waals surface area contributed by atoms with Crippen molar-refractivity contribution in [1.82, 2.24) is 4.72 Å². The van der Waals surface area contributed by atoms with E-state index in [4.69, 9.17) is 15.2 Å². The second-order valence-electron chi connectivity index (χ2n) is 4.83. The Bertz CT molecular complexity index is 555. The van der Waals surface area contributed by atoms with Crippen molar-refractivity contribution in [3.05, 3.63) is 18.2 Å². The first-order chi connectivity index (χ1) is 9.53. The van der Waals surface area contributed by atoms with E-state index in [0.29, 0.717) is 24.8 Å². The van der Waals surface area contributed by atoms with Gasteiger partial charge in [0.05, 0.1) is 13.7 Å². The number of rotatable bonds is 8. The molecule has 3 N–H and O–H groups in total. The normalized spacial score (nSPS) is 15.2. The van der Waals surface area contributed by atoms with Crippen molar-refractivity contribution in [2.24, 2.45) is 5.92 Å². The molecule has 0 unspecified atom stereocenters. The summed E-state index contributed by atoms with van der Waals surface area (Å²) in [6.07, 6.45) is 2.43. The van der Waals surface area contributed by atoms with E-state index in [9.17, 15) is 8.42 Å². The average Bonchev–Trinajstić information content (AvgIpc) is 3.21. The summed E-state index contributed by atoms with van der Waals surface area (Å²) in [5, 5.41) is 0. The maximum absolute atomic E-state index is 12.1. The molecular weight excluding hydrogens is 280 g/mol. The van der Waals surface area contributed by atoms with Gasteiger partial charge in [0.15, 0.2) is 0 Å². The lowest BCUT2D eigenvalue weighted by Crippen LogP contribution is -2.28. The van der Waals surface area contributed by atoms with E-state index in [1.54, 1.807) is 0 Å². The Morgan fingerprint density at radius 2 is 2.15 bits per heavy atom. The summed E-state index contributed by atoms with van der Waals surface area (Å²) in [5.74, 6) is 0.903. The first kappa shape index (κ1) is 15.1. The Balaban J connectivity index is 1.91. The predicted molar refractivity (Wildman–Crippen MR) is 76.1 cm³/mol. The number of nitrogens with one attached hydrogen (secondary N) is 1. The van der Waals surface area contributed by atoms with Gasteiger partial charge in [-0.2, -0.15) is 0 Å². The lowest BCUT2D eigenvalue weighted by atomic mass is 10.3. The highest BCUT2D eigenvalue weighted by Crippen LogP contribution is 2.28. The van der Waals surface area contributed by atoms with Gasteiger partial charge in [-0.15, -0.1) is 0 Å². The minimum atomic E-state index is -3.62. The van der Waals surface area contributed by atoms with Crippen molar-refractivity contribution in [3.8, 4) is 5.75 Å². The molecule has 1 aromatic carbocycles. The molecule has 0 bridgehead atoms. The smallest absolute Gasteiger partial charge is 0.244 e. The fraction of sp³-hybridized carbons (Fsp3) is 0.538. The molecule has 0 spiro atoms. The van der Waals surface area contributed by atoms with Crippen molar-refractivity contribution in [2.45, 2.75) is 17.7 Å². The highest BCUT2D eigenvalue weighted by atomic mass is 32.2. The predicted octanol–water partition coefficient (Wildman–Crippen LogP) is 0.982. The molecule has 0 amide bonds. The maximum Gasteiger partial charge on any atom is 0.244 e. The largest absolute Gasteiger partial charge is 0.495 e. The first-order valence-electron chi connectivity index (χ1n) is 6.54. The van der Waals surface area contributed by atoms with E-state index < -0.39 is 10.0 Å². The van der Waals surface area contributed by atoms with E-state index in [2.05, 4.69) is 4.72 Å². The number of hydrogen-bond donors (Lipinski definition) is 2. The third-order valence-corrected chi connectivity index (χ3v) is 4.57. The van der Waals surface area contributed by atoms with E-state index in [1.165, 1.54) is 38.2 Å². The second-order valence-corrected chi connectivity index (χ2v) is 6.56. The fourth-order valence-corrected chi connectivity index (χ4v) is 2.93. The summed E-state index contributed by atoms with van der Waals surface area (Å²) in [6, 6.07) is 4.44. The molecule has 112 valence electrons. The summed E-state index contributed by atoms with van der Waals surface area (Å²) < 4.78 is 37.2. The van der Waals surface area contributed by atoms with Crippen molar-refractivity contribution >= 4 is 15.7 Å². The Labute approximate surface area is 119 Å². The highest BCUT2D eigenvalue weighted by molar-refractivity contribution is 7.89. The van der Waals surface area contributed by atoms with Gasteiger partial charge in [0.25, 0.3) is 0 Å². The molecule has 0 aromatic heterocycles. The molecule has 1 fully saturated rings. The lowest BCUT2D eigenvalue weighted by molar-refractivity contribution is 0.129. The Hall–Kier alpha value is -1.31. The van der Waals surface area contributed by atoms with Crippen LogP contribution in [-0.4, -0.2) is 35.3 Å². The molecule has 0 saturated heterocycles. The van der Waals surface area contributed by atoms with Crippen LogP contribution in [0.2, 0.25) is 0 Å². The zero-order valence-electron chi connectivity index (χ0n) is 11.5. The Kier molecular flexibility index (Phi) is 4.85. The molecule has 1 saturated carbocycles. The molecule has 0 aliphatic heterocycles. The minimum absolute atomic E-state index is 0.0800.